The first-order valence-electron chi connectivity index (χ1n) is 26.7. The largest absolute Gasteiger partial charge is 0.311 e. The second-order valence-electron chi connectivity index (χ2n) is 27.9. The first-order valence-corrected chi connectivity index (χ1v) is 26.7. The van der Waals surface area contributed by atoms with Crippen LogP contribution in [0.1, 0.15) is 176 Å². The van der Waals surface area contributed by atoms with Gasteiger partial charge in [0.2, 0.25) is 0 Å². The predicted molar refractivity (Wildman–Crippen MR) is 299 cm³/mol. The first kappa shape index (κ1) is 46.4. The number of rotatable bonds is 4. The third kappa shape index (κ3) is 7.83. The van der Waals surface area contributed by atoms with Gasteiger partial charge in [0, 0.05) is 34.0 Å². The molecular weight excluding hydrogens is 832 g/mol. The molecule has 6 aliphatic rings. The van der Waals surface area contributed by atoms with Gasteiger partial charge in [0.25, 0.3) is 6.71 Å². The molecule has 0 aromatic heterocycles. The van der Waals surface area contributed by atoms with Gasteiger partial charge in [-0.15, -0.1) is 0 Å². The lowest BCUT2D eigenvalue weighted by molar-refractivity contribution is -0.00514. The van der Waals surface area contributed by atoms with Crippen molar-refractivity contribution in [3.63, 3.8) is 0 Å². The Morgan fingerprint density at radius 2 is 0.826 bits per heavy atom. The summed E-state index contributed by atoms with van der Waals surface area (Å²) in [6, 6.07) is 47.2. The third-order valence-electron chi connectivity index (χ3n) is 17.6. The van der Waals surface area contributed by atoms with Crippen molar-refractivity contribution < 1.29 is 0 Å². The zero-order chi connectivity index (χ0) is 49.0. The maximum absolute atomic E-state index is 2.77. The van der Waals surface area contributed by atoms with Gasteiger partial charge in [-0.3, -0.25) is 0 Å². The average molecular weight is 911 g/mol. The lowest BCUT2D eigenvalue weighted by atomic mass is 9.33. The van der Waals surface area contributed by atoms with E-state index in [0.29, 0.717) is 0 Å². The minimum absolute atomic E-state index is 0.00838. The van der Waals surface area contributed by atoms with E-state index in [2.05, 4.69) is 229 Å². The van der Waals surface area contributed by atoms with Crippen molar-refractivity contribution in [2.45, 2.75) is 175 Å². The van der Waals surface area contributed by atoms with Crippen LogP contribution in [-0.2, 0) is 32.5 Å². The third-order valence-corrected chi connectivity index (χ3v) is 17.6. The Bertz CT molecular complexity index is 2950. The van der Waals surface area contributed by atoms with E-state index in [1.54, 1.807) is 5.56 Å². The van der Waals surface area contributed by atoms with Gasteiger partial charge in [-0.2, -0.15) is 0 Å². The van der Waals surface area contributed by atoms with Crippen LogP contribution in [0, 0.1) is 17.8 Å². The van der Waals surface area contributed by atoms with Gasteiger partial charge < -0.3 is 9.80 Å². The molecule has 2 heterocycles. The van der Waals surface area contributed by atoms with Crippen LogP contribution < -0.4 is 26.2 Å². The van der Waals surface area contributed by atoms with Gasteiger partial charge in [-0.1, -0.05) is 171 Å². The fourth-order valence-electron chi connectivity index (χ4n) is 13.9. The molecule has 4 aliphatic carbocycles. The Labute approximate surface area is 417 Å². The highest BCUT2D eigenvalue weighted by atomic mass is 15.2. The summed E-state index contributed by atoms with van der Waals surface area (Å²) in [6.07, 6.45) is 8.26. The Hall–Kier alpha value is -5.02. The van der Waals surface area contributed by atoms with Crippen molar-refractivity contribution in [3.8, 4) is 11.1 Å². The molecule has 0 amide bonds. The number of nitrogens with zero attached hydrogens (tertiary/aromatic N) is 2. The summed E-state index contributed by atoms with van der Waals surface area (Å²) in [4.78, 5) is 5.46. The minimum atomic E-state index is -0.0330. The van der Waals surface area contributed by atoms with Gasteiger partial charge in [0.05, 0.1) is 5.69 Å². The highest BCUT2D eigenvalue weighted by Gasteiger charge is 2.53. The van der Waals surface area contributed by atoms with Gasteiger partial charge >= 0.3 is 0 Å². The Kier molecular flexibility index (Phi) is 10.4. The molecule has 69 heavy (non-hydrogen) atoms. The molecule has 3 heteroatoms. The van der Waals surface area contributed by atoms with Crippen LogP contribution in [0.5, 0.6) is 0 Å². The number of hydrogen-bond donors (Lipinski definition) is 0. The summed E-state index contributed by atoms with van der Waals surface area (Å²) in [7, 11) is 0. The van der Waals surface area contributed by atoms with E-state index in [0.717, 1.165) is 17.8 Å². The summed E-state index contributed by atoms with van der Waals surface area (Å²) in [6.45, 7) is 35.4. The van der Waals surface area contributed by atoms with Crippen LogP contribution >= 0.6 is 0 Å². The molecule has 356 valence electrons. The molecule has 2 aliphatic heterocycles. The Morgan fingerprint density at radius 1 is 0.391 bits per heavy atom. The maximum Gasteiger partial charge on any atom is 0.252 e. The van der Waals surface area contributed by atoms with E-state index < -0.39 is 0 Å². The van der Waals surface area contributed by atoms with E-state index in [9.17, 15) is 0 Å². The number of fused-ring (bicyclic) bond motifs is 4. The van der Waals surface area contributed by atoms with Crippen LogP contribution in [0.25, 0.3) is 11.1 Å². The molecule has 0 spiro atoms. The molecule has 4 saturated carbocycles. The van der Waals surface area contributed by atoms with Crippen LogP contribution in [0.2, 0.25) is 0 Å². The van der Waals surface area contributed by atoms with E-state index in [1.807, 2.05) is 0 Å². The van der Waals surface area contributed by atoms with Gasteiger partial charge in [0.15, 0.2) is 0 Å². The number of benzene rings is 6. The van der Waals surface area contributed by atoms with E-state index in [1.165, 1.54) is 128 Å². The molecule has 0 unspecified atom stereocenters. The number of anilines is 6. The zero-order valence-corrected chi connectivity index (χ0v) is 44.9. The van der Waals surface area contributed by atoms with Crippen molar-refractivity contribution in [3.05, 3.63) is 149 Å². The molecule has 0 N–H and O–H groups in total. The molecule has 6 aromatic rings. The van der Waals surface area contributed by atoms with Gasteiger partial charge in [-0.05, 0) is 193 Å². The molecule has 0 radical (unpaired) electrons. The monoisotopic (exact) mass is 911 g/mol. The summed E-state index contributed by atoms with van der Waals surface area (Å²) >= 11 is 0. The predicted octanol–water partition coefficient (Wildman–Crippen LogP) is 16.4. The molecular formula is C66H79BN2. The van der Waals surface area contributed by atoms with Crippen LogP contribution in [0.3, 0.4) is 0 Å². The summed E-state index contributed by atoms with van der Waals surface area (Å²) in [5.41, 5.74) is 23.3. The first-order chi connectivity index (χ1) is 32.3. The highest BCUT2D eigenvalue weighted by molar-refractivity contribution is 7.00. The lowest BCUT2D eigenvalue weighted by Gasteiger charge is -2.57. The van der Waals surface area contributed by atoms with Crippen LogP contribution in [0.15, 0.2) is 115 Å². The van der Waals surface area contributed by atoms with Crippen molar-refractivity contribution in [1.82, 2.24) is 0 Å². The van der Waals surface area contributed by atoms with Crippen molar-refractivity contribution in [1.29, 1.82) is 0 Å². The average Bonchev–Trinajstić information content (AvgIpc) is 3.26. The minimum Gasteiger partial charge on any atom is -0.311 e. The van der Waals surface area contributed by atoms with Crippen molar-refractivity contribution >= 4 is 57.2 Å². The Morgan fingerprint density at radius 3 is 1.35 bits per heavy atom. The fourth-order valence-corrected chi connectivity index (χ4v) is 13.9. The molecule has 0 atom stereocenters. The van der Waals surface area contributed by atoms with Gasteiger partial charge in [0.1, 0.15) is 0 Å². The fraction of sp³-hybridized carbons (Fsp3) is 0.455. The summed E-state index contributed by atoms with van der Waals surface area (Å²) < 4.78 is 0. The second kappa shape index (κ2) is 15.5. The SMILES string of the molecule is CC(C)(C)c1ccc(-c2cc(C(C)(C)C)ccc2N2c3cc(C(C)(C)C)ccc3B3c4cc(C(C)(C)C)ccc4N(c4ccc(C(C)(C)C)cc4)c4cc(C56CC7CC(CC(C7)C5)C6)cc2c43)cc1. The zero-order valence-electron chi connectivity index (χ0n) is 44.9. The van der Waals surface area contributed by atoms with Crippen molar-refractivity contribution in [2.24, 2.45) is 17.8 Å². The maximum atomic E-state index is 2.77. The smallest absolute Gasteiger partial charge is 0.252 e. The Balaban J connectivity index is 1.26. The summed E-state index contributed by atoms with van der Waals surface area (Å²) in [5, 5.41) is 0. The summed E-state index contributed by atoms with van der Waals surface area (Å²) in [5.74, 6) is 2.52. The van der Waals surface area contributed by atoms with Crippen LogP contribution in [-0.4, -0.2) is 6.71 Å². The lowest BCUT2D eigenvalue weighted by Crippen LogP contribution is -2.62. The van der Waals surface area contributed by atoms with Crippen molar-refractivity contribution in [2.75, 3.05) is 9.80 Å². The normalized spacial score (nSPS) is 21.9. The second-order valence-corrected chi connectivity index (χ2v) is 27.9. The molecule has 2 nitrogen and oxygen atoms in total. The standard InChI is InChI=1S/C66H79BN2/c1-61(2,3)45-18-16-44(17-19-45)52-33-47(63(7,8)9)23-28-55(52)69-57-35-49(65(13,14)15)22-27-53(57)67-54-34-48(64(10,11)12)24-29-56(54)68(51-25-20-46(21-26-51)62(4,5)6)58-36-50(37-59(69)60(58)67)66-38-41-30-42(39-66)32-43(31-41)40-66/h16-29,33-37,41-43H,30-32,38-40H2,1-15H3. The van der Waals surface area contributed by atoms with Gasteiger partial charge in [-0.25, -0.2) is 0 Å². The van der Waals surface area contributed by atoms with E-state index in [4.69, 9.17) is 0 Å². The van der Waals surface area contributed by atoms with E-state index in [-0.39, 0.29) is 39.2 Å². The molecule has 0 saturated heterocycles. The molecule has 4 fully saturated rings. The van der Waals surface area contributed by atoms with E-state index >= 15 is 0 Å². The quantitative estimate of drug-likeness (QED) is 0.162. The molecule has 6 aromatic carbocycles. The number of hydrogen-bond acceptors (Lipinski definition) is 2. The highest BCUT2D eigenvalue weighted by Crippen LogP contribution is 2.62. The molecule has 12 rings (SSSR count). The van der Waals surface area contributed by atoms with Crippen LogP contribution in [0.4, 0.5) is 34.1 Å². The topological polar surface area (TPSA) is 6.48 Å². The molecule has 4 bridgehead atoms.